The molecule has 6 heteroatoms. The monoisotopic (exact) mass is 373 g/mol. The molecule has 28 heavy (non-hydrogen) atoms. The summed E-state index contributed by atoms with van der Waals surface area (Å²) >= 11 is 0. The summed E-state index contributed by atoms with van der Waals surface area (Å²) in [6.07, 6.45) is 0.844. The van der Waals surface area contributed by atoms with Gasteiger partial charge in [0.25, 0.3) is 5.91 Å². The van der Waals surface area contributed by atoms with Crippen molar-refractivity contribution in [2.24, 2.45) is 0 Å². The summed E-state index contributed by atoms with van der Waals surface area (Å²) < 4.78 is 6.24. The summed E-state index contributed by atoms with van der Waals surface area (Å²) in [6, 6.07) is 18.3. The Kier molecular flexibility index (Phi) is 3.74. The van der Waals surface area contributed by atoms with Gasteiger partial charge in [0.15, 0.2) is 5.72 Å². The van der Waals surface area contributed by atoms with Crippen LogP contribution < -0.4 is 0 Å². The van der Waals surface area contributed by atoms with Crippen LogP contribution in [0.2, 0.25) is 0 Å². The predicted octanol–water partition coefficient (Wildman–Crippen LogP) is 2.47. The fourth-order valence-electron chi connectivity index (χ4n) is 4.93. The minimum Gasteiger partial charge on any atom is -0.351 e. The number of benzene rings is 2. The van der Waals surface area contributed by atoms with Crippen LogP contribution in [0.3, 0.4) is 0 Å². The highest BCUT2D eigenvalue weighted by Gasteiger charge is 2.65. The zero-order chi connectivity index (χ0) is 19.3. The summed E-state index contributed by atoms with van der Waals surface area (Å²) in [5.41, 5.74) is 1.03. The molecule has 0 aromatic heterocycles. The highest BCUT2D eigenvalue weighted by molar-refractivity contribution is 5.98. The SMILES string of the molecule is N#Cc1ccccc1C(=O)N1CC[C@@]23OC[C@@H](c4ccccc4)N2C(=O)C[C@@H]13. The van der Waals surface area contributed by atoms with Crippen molar-refractivity contribution in [3.8, 4) is 6.07 Å². The molecule has 3 heterocycles. The van der Waals surface area contributed by atoms with Crippen LogP contribution in [-0.2, 0) is 9.53 Å². The van der Waals surface area contributed by atoms with Crippen molar-refractivity contribution in [2.75, 3.05) is 13.2 Å². The number of carbonyl (C=O) groups is 2. The number of amides is 2. The molecule has 140 valence electrons. The lowest BCUT2D eigenvalue weighted by atomic mass is 10.0. The lowest BCUT2D eigenvalue weighted by Crippen LogP contribution is -2.49. The molecule has 6 nitrogen and oxygen atoms in total. The maximum atomic E-state index is 13.2. The van der Waals surface area contributed by atoms with E-state index in [4.69, 9.17) is 4.74 Å². The van der Waals surface area contributed by atoms with E-state index in [0.717, 1.165) is 5.56 Å². The third-order valence-corrected chi connectivity index (χ3v) is 6.18. The van der Waals surface area contributed by atoms with Crippen molar-refractivity contribution in [3.05, 3.63) is 71.3 Å². The van der Waals surface area contributed by atoms with Crippen LogP contribution in [0.25, 0.3) is 0 Å². The Balaban J connectivity index is 1.48. The molecular formula is C22H19N3O3. The first-order valence-corrected chi connectivity index (χ1v) is 9.47. The molecule has 3 saturated heterocycles. The fourth-order valence-corrected chi connectivity index (χ4v) is 4.93. The third kappa shape index (κ3) is 2.23. The van der Waals surface area contributed by atoms with Crippen molar-refractivity contribution < 1.29 is 14.3 Å². The topological polar surface area (TPSA) is 73.6 Å². The van der Waals surface area contributed by atoms with Gasteiger partial charge in [0, 0.05) is 13.0 Å². The van der Waals surface area contributed by atoms with Gasteiger partial charge >= 0.3 is 0 Å². The molecule has 0 unspecified atom stereocenters. The van der Waals surface area contributed by atoms with Crippen molar-refractivity contribution in [2.45, 2.75) is 30.7 Å². The second-order valence-corrected chi connectivity index (χ2v) is 7.47. The van der Waals surface area contributed by atoms with E-state index in [-0.39, 0.29) is 30.3 Å². The molecule has 3 fully saturated rings. The first kappa shape index (κ1) is 17.0. The Morgan fingerprint density at radius 2 is 1.89 bits per heavy atom. The van der Waals surface area contributed by atoms with Crippen molar-refractivity contribution >= 4 is 11.8 Å². The molecule has 2 amide bonds. The number of carbonyl (C=O) groups excluding carboxylic acids is 2. The maximum Gasteiger partial charge on any atom is 0.255 e. The highest BCUT2D eigenvalue weighted by Crippen LogP contribution is 2.51. The normalized spacial score (nSPS) is 28.2. The third-order valence-electron chi connectivity index (χ3n) is 6.18. The first-order valence-electron chi connectivity index (χ1n) is 9.47. The number of hydrogen-bond donors (Lipinski definition) is 0. The molecule has 2 aromatic carbocycles. The van der Waals surface area contributed by atoms with Crippen molar-refractivity contribution in [3.63, 3.8) is 0 Å². The van der Waals surface area contributed by atoms with Gasteiger partial charge in [-0.15, -0.1) is 0 Å². The maximum absolute atomic E-state index is 13.2. The van der Waals surface area contributed by atoms with Gasteiger partial charge in [-0.1, -0.05) is 42.5 Å². The smallest absolute Gasteiger partial charge is 0.255 e. The van der Waals surface area contributed by atoms with Gasteiger partial charge in [-0.05, 0) is 17.7 Å². The van der Waals surface area contributed by atoms with Crippen LogP contribution in [0.15, 0.2) is 54.6 Å². The Bertz CT molecular complexity index is 1000. The highest BCUT2D eigenvalue weighted by atomic mass is 16.5. The second-order valence-electron chi connectivity index (χ2n) is 7.47. The van der Waals surface area contributed by atoms with Crippen LogP contribution in [0, 0.1) is 11.3 Å². The molecule has 0 aliphatic carbocycles. The molecular weight excluding hydrogens is 354 g/mol. The van der Waals surface area contributed by atoms with Gasteiger partial charge in [-0.2, -0.15) is 5.26 Å². The molecule has 0 radical (unpaired) electrons. The Morgan fingerprint density at radius 3 is 2.68 bits per heavy atom. The first-order chi connectivity index (χ1) is 13.7. The largest absolute Gasteiger partial charge is 0.351 e. The van der Waals surface area contributed by atoms with Gasteiger partial charge in [0.2, 0.25) is 5.91 Å². The molecule has 0 N–H and O–H groups in total. The molecule has 1 spiro atoms. The summed E-state index contributed by atoms with van der Waals surface area (Å²) in [4.78, 5) is 29.7. The van der Waals surface area contributed by atoms with E-state index in [9.17, 15) is 14.9 Å². The molecule has 3 aliphatic heterocycles. The van der Waals surface area contributed by atoms with Crippen LogP contribution in [0.4, 0.5) is 0 Å². The summed E-state index contributed by atoms with van der Waals surface area (Å²) in [5, 5.41) is 9.34. The number of likely N-dealkylation sites (tertiary alicyclic amines) is 1. The van der Waals surface area contributed by atoms with E-state index in [0.29, 0.717) is 30.7 Å². The number of hydrogen-bond acceptors (Lipinski definition) is 4. The molecule has 0 saturated carbocycles. The van der Waals surface area contributed by atoms with E-state index in [2.05, 4.69) is 6.07 Å². The summed E-state index contributed by atoms with van der Waals surface area (Å²) in [6.45, 7) is 0.942. The quantitative estimate of drug-likeness (QED) is 0.811. The Hall–Kier alpha value is -3.17. The molecule has 3 atom stereocenters. The van der Waals surface area contributed by atoms with Crippen LogP contribution in [-0.4, -0.2) is 46.5 Å². The average molecular weight is 373 g/mol. The van der Waals surface area contributed by atoms with Crippen LogP contribution in [0.5, 0.6) is 0 Å². The van der Waals surface area contributed by atoms with Crippen molar-refractivity contribution in [1.82, 2.24) is 9.80 Å². The van der Waals surface area contributed by atoms with E-state index >= 15 is 0 Å². The standard InChI is InChI=1S/C22H19N3O3/c23-13-16-8-4-5-9-17(16)21(27)24-11-10-22-19(24)12-20(26)25(22)18(14-28-22)15-6-2-1-3-7-15/h1-9,18-19H,10-12,14H2/t18-,19+,22-/m0/s1. The minimum absolute atomic E-state index is 0.0161. The minimum atomic E-state index is -0.755. The average Bonchev–Trinajstić information content (AvgIpc) is 3.37. The van der Waals surface area contributed by atoms with Crippen LogP contribution in [0.1, 0.15) is 40.4 Å². The lowest BCUT2D eigenvalue weighted by Gasteiger charge is -2.33. The van der Waals surface area contributed by atoms with E-state index in [1.807, 2.05) is 35.2 Å². The van der Waals surface area contributed by atoms with Gasteiger partial charge in [-0.25, -0.2) is 0 Å². The van der Waals surface area contributed by atoms with Gasteiger partial charge in [-0.3, -0.25) is 9.59 Å². The van der Waals surface area contributed by atoms with Crippen molar-refractivity contribution in [1.29, 1.82) is 5.26 Å². The van der Waals surface area contributed by atoms with E-state index < -0.39 is 5.72 Å². The zero-order valence-corrected chi connectivity index (χ0v) is 15.2. The number of rotatable bonds is 2. The van der Waals surface area contributed by atoms with Gasteiger partial charge in [0.1, 0.15) is 0 Å². The summed E-state index contributed by atoms with van der Waals surface area (Å²) in [7, 11) is 0. The Morgan fingerprint density at radius 1 is 1.14 bits per heavy atom. The predicted molar refractivity (Wildman–Crippen MR) is 99.9 cm³/mol. The molecule has 0 bridgehead atoms. The lowest BCUT2D eigenvalue weighted by molar-refractivity contribution is -0.138. The molecule has 3 aliphatic rings. The Labute approximate surface area is 162 Å². The van der Waals surface area contributed by atoms with Gasteiger partial charge in [0.05, 0.1) is 42.3 Å². The fraction of sp³-hybridized carbons (Fsp3) is 0.318. The molecule has 5 rings (SSSR count). The van der Waals surface area contributed by atoms with E-state index in [1.54, 1.807) is 29.2 Å². The zero-order valence-electron chi connectivity index (χ0n) is 15.2. The van der Waals surface area contributed by atoms with Gasteiger partial charge < -0.3 is 14.5 Å². The molecule has 2 aromatic rings. The number of nitriles is 1. The van der Waals surface area contributed by atoms with E-state index in [1.165, 1.54) is 0 Å². The second kappa shape index (κ2) is 6.18. The van der Waals surface area contributed by atoms with Crippen LogP contribution >= 0.6 is 0 Å². The summed E-state index contributed by atoms with van der Waals surface area (Å²) in [5.74, 6) is -0.192. The number of ether oxygens (including phenoxy) is 1. The number of nitrogens with zero attached hydrogens (tertiary/aromatic N) is 3.